The highest BCUT2D eigenvalue weighted by Crippen LogP contribution is 2.14. The molecule has 66 valence electrons. The van der Waals surface area contributed by atoms with Crippen molar-refractivity contribution in [2.45, 2.75) is 0 Å². The average Bonchev–Trinajstić information content (AvgIpc) is 2.62. The van der Waals surface area contributed by atoms with Crippen LogP contribution in [0, 0.1) is 0 Å². The van der Waals surface area contributed by atoms with Crippen LogP contribution in [0.5, 0.6) is 0 Å². The summed E-state index contributed by atoms with van der Waals surface area (Å²) in [5, 5.41) is 8.02. The van der Waals surface area contributed by atoms with E-state index in [1.54, 1.807) is 22.6 Å². The van der Waals surface area contributed by atoms with Gasteiger partial charge in [0.1, 0.15) is 11.5 Å². The molecule has 2 rings (SSSR count). The van der Waals surface area contributed by atoms with Gasteiger partial charge in [-0.2, -0.15) is 5.10 Å². The Labute approximate surface area is 80.7 Å². The fourth-order valence-electron chi connectivity index (χ4n) is 1.00. The summed E-state index contributed by atoms with van der Waals surface area (Å²) < 4.78 is 0. The molecule has 4 heteroatoms. The van der Waals surface area contributed by atoms with Gasteiger partial charge >= 0.3 is 0 Å². The first-order valence-corrected chi connectivity index (χ1v) is 4.74. The Bertz CT molecular complexity index is 376. The van der Waals surface area contributed by atoms with Crippen molar-refractivity contribution in [1.82, 2.24) is 5.01 Å². The van der Waals surface area contributed by atoms with Gasteiger partial charge in [-0.3, -0.25) is 5.01 Å². The Morgan fingerprint density at radius 2 is 2.38 bits per heavy atom. The van der Waals surface area contributed by atoms with Crippen molar-refractivity contribution in [2.24, 2.45) is 10.1 Å². The minimum Gasteiger partial charge on any atom is -0.251 e. The Hall–Kier alpha value is -1.42. The molecular weight excluding hydrogens is 182 g/mol. The van der Waals surface area contributed by atoms with E-state index in [9.17, 15) is 0 Å². The molecule has 0 spiro atoms. The molecule has 0 radical (unpaired) electrons. The van der Waals surface area contributed by atoms with Crippen LogP contribution in [0.2, 0.25) is 0 Å². The standard InChI is InChI=1S/C9H9N3S/c1-7-10-6-8(11-12(7)2)9-4-3-5-13-9/h3-6H,1H2,2H3. The lowest BCUT2D eigenvalue weighted by atomic mass is 10.3. The molecule has 0 saturated heterocycles. The summed E-state index contributed by atoms with van der Waals surface area (Å²) in [7, 11) is 1.84. The number of nitrogens with zero attached hydrogens (tertiary/aromatic N) is 3. The minimum atomic E-state index is 0.667. The highest BCUT2D eigenvalue weighted by molar-refractivity contribution is 7.12. The third-order valence-electron chi connectivity index (χ3n) is 1.74. The van der Waals surface area contributed by atoms with Gasteiger partial charge in [-0.15, -0.1) is 11.3 Å². The maximum atomic E-state index is 4.32. The van der Waals surface area contributed by atoms with E-state index in [0.29, 0.717) is 5.82 Å². The normalized spacial score (nSPS) is 16.2. The van der Waals surface area contributed by atoms with Gasteiger partial charge in [0.05, 0.1) is 11.1 Å². The molecule has 0 amide bonds. The second-order valence-corrected chi connectivity index (χ2v) is 3.61. The van der Waals surface area contributed by atoms with E-state index in [-0.39, 0.29) is 0 Å². The van der Waals surface area contributed by atoms with Crippen molar-refractivity contribution in [3.05, 3.63) is 34.8 Å². The molecular formula is C9H9N3S. The van der Waals surface area contributed by atoms with E-state index in [4.69, 9.17) is 0 Å². The quantitative estimate of drug-likeness (QED) is 0.666. The summed E-state index contributed by atoms with van der Waals surface area (Å²) in [5.41, 5.74) is 0.893. The first kappa shape index (κ1) is 8.19. The van der Waals surface area contributed by atoms with Crippen molar-refractivity contribution in [1.29, 1.82) is 0 Å². The molecule has 3 nitrogen and oxygen atoms in total. The van der Waals surface area contributed by atoms with Crippen LogP contribution in [0.25, 0.3) is 0 Å². The molecule has 1 aliphatic heterocycles. The minimum absolute atomic E-state index is 0.667. The second-order valence-electron chi connectivity index (χ2n) is 2.66. The van der Waals surface area contributed by atoms with Crippen LogP contribution in [0.4, 0.5) is 0 Å². The molecule has 0 fully saturated rings. The molecule has 0 atom stereocenters. The highest BCUT2D eigenvalue weighted by Gasteiger charge is 2.09. The predicted molar refractivity (Wildman–Crippen MR) is 56.3 cm³/mol. The fourth-order valence-corrected chi connectivity index (χ4v) is 1.68. The fraction of sp³-hybridized carbons (Fsp3) is 0.111. The topological polar surface area (TPSA) is 28.0 Å². The van der Waals surface area contributed by atoms with Gasteiger partial charge in [0.25, 0.3) is 0 Å². The van der Waals surface area contributed by atoms with Gasteiger partial charge in [0.15, 0.2) is 0 Å². The van der Waals surface area contributed by atoms with E-state index in [0.717, 1.165) is 10.6 Å². The lowest BCUT2D eigenvalue weighted by Crippen LogP contribution is -2.18. The molecule has 1 aromatic rings. The second kappa shape index (κ2) is 3.14. The third kappa shape index (κ3) is 1.53. The lowest BCUT2D eigenvalue weighted by Gasteiger charge is -2.16. The molecule has 0 aromatic carbocycles. The molecule has 0 aliphatic carbocycles. The number of hydrogen-bond donors (Lipinski definition) is 0. The number of hydrogen-bond acceptors (Lipinski definition) is 4. The van der Waals surface area contributed by atoms with Crippen molar-refractivity contribution < 1.29 is 0 Å². The molecule has 2 heterocycles. The van der Waals surface area contributed by atoms with Crippen molar-refractivity contribution in [2.75, 3.05) is 7.05 Å². The van der Waals surface area contributed by atoms with Gasteiger partial charge < -0.3 is 0 Å². The van der Waals surface area contributed by atoms with Crippen LogP contribution in [0.15, 0.2) is 40.0 Å². The summed E-state index contributed by atoms with van der Waals surface area (Å²) in [5.74, 6) is 0.667. The first-order valence-electron chi connectivity index (χ1n) is 3.86. The molecule has 1 aromatic heterocycles. The summed E-state index contributed by atoms with van der Waals surface area (Å²) in [6, 6.07) is 4.03. The average molecular weight is 191 g/mol. The summed E-state index contributed by atoms with van der Waals surface area (Å²) in [4.78, 5) is 5.26. The number of aliphatic imine (C=N–C) groups is 1. The SMILES string of the molecule is C=C1N=CC(c2cccs2)=NN1C. The maximum Gasteiger partial charge on any atom is 0.141 e. The van der Waals surface area contributed by atoms with Gasteiger partial charge in [-0.25, -0.2) is 4.99 Å². The van der Waals surface area contributed by atoms with E-state index >= 15 is 0 Å². The Morgan fingerprint density at radius 3 is 3.00 bits per heavy atom. The van der Waals surface area contributed by atoms with E-state index in [2.05, 4.69) is 16.7 Å². The Balaban J connectivity index is 2.33. The summed E-state index contributed by atoms with van der Waals surface area (Å²) in [6.45, 7) is 3.74. The predicted octanol–water partition coefficient (Wildman–Crippen LogP) is 1.94. The van der Waals surface area contributed by atoms with E-state index in [1.807, 2.05) is 24.6 Å². The third-order valence-corrected chi connectivity index (χ3v) is 2.63. The van der Waals surface area contributed by atoms with Crippen LogP contribution < -0.4 is 0 Å². The Morgan fingerprint density at radius 1 is 1.54 bits per heavy atom. The van der Waals surface area contributed by atoms with Crippen molar-refractivity contribution in [3.8, 4) is 0 Å². The van der Waals surface area contributed by atoms with Crippen LogP contribution in [-0.2, 0) is 0 Å². The number of rotatable bonds is 1. The zero-order valence-electron chi connectivity index (χ0n) is 7.27. The van der Waals surface area contributed by atoms with E-state index in [1.165, 1.54) is 0 Å². The maximum absolute atomic E-state index is 4.32. The molecule has 0 unspecified atom stereocenters. The molecule has 0 bridgehead atoms. The molecule has 13 heavy (non-hydrogen) atoms. The van der Waals surface area contributed by atoms with Gasteiger partial charge in [0, 0.05) is 7.05 Å². The zero-order chi connectivity index (χ0) is 9.26. The highest BCUT2D eigenvalue weighted by atomic mass is 32.1. The smallest absolute Gasteiger partial charge is 0.141 e. The first-order chi connectivity index (χ1) is 6.27. The van der Waals surface area contributed by atoms with Crippen LogP contribution >= 0.6 is 11.3 Å². The van der Waals surface area contributed by atoms with Crippen LogP contribution in [-0.4, -0.2) is 24.0 Å². The summed E-state index contributed by atoms with van der Waals surface area (Å²) in [6.07, 6.45) is 1.74. The zero-order valence-corrected chi connectivity index (χ0v) is 8.08. The number of hydrazone groups is 1. The number of thiophene rings is 1. The van der Waals surface area contributed by atoms with Gasteiger partial charge in [0.2, 0.25) is 0 Å². The van der Waals surface area contributed by atoms with Gasteiger partial charge in [-0.1, -0.05) is 12.6 Å². The molecule has 1 aliphatic rings. The monoisotopic (exact) mass is 191 g/mol. The summed E-state index contributed by atoms with van der Waals surface area (Å²) >= 11 is 1.65. The molecule has 0 N–H and O–H groups in total. The van der Waals surface area contributed by atoms with Crippen molar-refractivity contribution >= 4 is 23.3 Å². The van der Waals surface area contributed by atoms with Crippen molar-refractivity contribution in [3.63, 3.8) is 0 Å². The van der Waals surface area contributed by atoms with Crippen LogP contribution in [0.1, 0.15) is 4.88 Å². The molecule has 0 saturated carbocycles. The van der Waals surface area contributed by atoms with E-state index < -0.39 is 0 Å². The van der Waals surface area contributed by atoms with Gasteiger partial charge in [-0.05, 0) is 11.4 Å². The largest absolute Gasteiger partial charge is 0.251 e. The van der Waals surface area contributed by atoms with Crippen LogP contribution in [0.3, 0.4) is 0 Å². The lowest BCUT2D eigenvalue weighted by molar-refractivity contribution is 0.442. The Kier molecular flexibility index (Phi) is 1.98.